The molecule has 1 atom stereocenters. The summed E-state index contributed by atoms with van der Waals surface area (Å²) in [4.78, 5) is 26.5. The van der Waals surface area contributed by atoms with Gasteiger partial charge in [-0.05, 0) is 97.8 Å². The molecule has 0 N–H and O–H groups in total. The summed E-state index contributed by atoms with van der Waals surface area (Å²) < 4.78 is 0. The van der Waals surface area contributed by atoms with Crippen molar-refractivity contribution in [3.8, 4) is 17.2 Å². The molecule has 41 heavy (non-hydrogen) atoms. The number of anilines is 1. The van der Waals surface area contributed by atoms with Gasteiger partial charge in [-0.15, -0.1) is 0 Å². The molecule has 0 aliphatic carbocycles. The van der Waals surface area contributed by atoms with Crippen molar-refractivity contribution in [3.63, 3.8) is 0 Å². The molecule has 3 aromatic carbocycles. The van der Waals surface area contributed by atoms with Crippen molar-refractivity contribution in [1.29, 1.82) is 5.26 Å². The Labute approximate surface area is 241 Å². The van der Waals surface area contributed by atoms with E-state index in [1.165, 1.54) is 24.0 Å². The molecule has 1 unspecified atom stereocenters. The Kier molecular flexibility index (Phi) is 6.90. The fourth-order valence-corrected chi connectivity index (χ4v) is 6.87. The summed E-state index contributed by atoms with van der Waals surface area (Å²) in [6.45, 7) is 5.75. The number of pyridine rings is 1. The van der Waals surface area contributed by atoms with Gasteiger partial charge in [0.2, 0.25) is 0 Å². The van der Waals surface area contributed by atoms with Gasteiger partial charge in [-0.25, -0.2) is 4.98 Å². The van der Waals surface area contributed by atoms with Crippen LogP contribution in [0.25, 0.3) is 22.0 Å². The first kappa shape index (κ1) is 25.7. The van der Waals surface area contributed by atoms with E-state index in [-0.39, 0.29) is 11.9 Å². The third-order valence-corrected chi connectivity index (χ3v) is 9.13. The summed E-state index contributed by atoms with van der Waals surface area (Å²) in [6.07, 6.45) is 5.62. The fourth-order valence-electron chi connectivity index (χ4n) is 6.87. The van der Waals surface area contributed by atoms with Crippen LogP contribution < -0.4 is 4.90 Å². The first-order valence-corrected chi connectivity index (χ1v) is 15.0. The van der Waals surface area contributed by atoms with E-state index in [1.807, 2.05) is 36.4 Å². The van der Waals surface area contributed by atoms with E-state index in [4.69, 9.17) is 4.98 Å². The molecule has 3 aliphatic rings. The second-order valence-corrected chi connectivity index (χ2v) is 11.7. The lowest BCUT2D eigenvalue weighted by molar-refractivity contribution is 0.0710. The topological polar surface area (TPSA) is 63.5 Å². The Balaban J connectivity index is 1.29. The Hall–Kier alpha value is -4.21. The number of carbonyl (C=O) groups is 1. The molecule has 2 fully saturated rings. The van der Waals surface area contributed by atoms with Crippen LogP contribution in [0.2, 0.25) is 0 Å². The predicted octanol–water partition coefficient (Wildman–Crippen LogP) is 6.04. The minimum Gasteiger partial charge on any atom is -0.352 e. The van der Waals surface area contributed by atoms with Crippen molar-refractivity contribution >= 4 is 22.6 Å². The van der Waals surface area contributed by atoms with E-state index in [0.717, 1.165) is 91.9 Å². The summed E-state index contributed by atoms with van der Waals surface area (Å²) >= 11 is 0. The van der Waals surface area contributed by atoms with Crippen molar-refractivity contribution in [2.24, 2.45) is 0 Å². The quantitative estimate of drug-likeness (QED) is 0.308. The molecular weight excluding hydrogens is 506 g/mol. The van der Waals surface area contributed by atoms with E-state index in [2.05, 4.69) is 57.2 Å². The number of likely N-dealkylation sites (tertiary alicyclic amines) is 2. The lowest BCUT2D eigenvalue weighted by Crippen LogP contribution is -2.42. The molecule has 206 valence electrons. The van der Waals surface area contributed by atoms with Crippen LogP contribution in [0.15, 0.2) is 72.8 Å². The van der Waals surface area contributed by atoms with Gasteiger partial charge in [-0.2, -0.15) is 5.26 Å². The average molecular weight is 542 g/mol. The van der Waals surface area contributed by atoms with Gasteiger partial charge >= 0.3 is 0 Å². The SMILES string of the molecule is N#Cc1ccc(-c2ccc3nc(N4CCc5ccccc5C4)cc(C(=O)N4CCCC4CN4CCCC4)c3c2)cc1. The zero-order valence-corrected chi connectivity index (χ0v) is 23.4. The number of nitrogens with zero attached hydrogens (tertiary/aromatic N) is 5. The monoisotopic (exact) mass is 541 g/mol. The number of benzene rings is 3. The molecule has 0 bridgehead atoms. The van der Waals surface area contributed by atoms with E-state index in [1.54, 1.807) is 0 Å². The maximum absolute atomic E-state index is 14.4. The molecule has 6 heteroatoms. The fraction of sp³-hybridized carbons (Fsp3) is 0.343. The highest BCUT2D eigenvalue weighted by Gasteiger charge is 2.33. The molecule has 1 amide bonds. The minimum absolute atomic E-state index is 0.120. The molecule has 7 rings (SSSR count). The van der Waals surface area contributed by atoms with Crippen molar-refractivity contribution in [1.82, 2.24) is 14.8 Å². The summed E-state index contributed by atoms with van der Waals surface area (Å²) in [7, 11) is 0. The Bertz CT molecular complexity index is 1630. The first-order valence-electron chi connectivity index (χ1n) is 15.0. The zero-order chi connectivity index (χ0) is 27.8. The standard InChI is InChI=1S/C35H35N5O/c36-22-25-9-11-27(12-10-25)28-13-14-33-31(20-28)32(35(41)40-18-5-8-30(40)24-38-16-3-4-17-38)21-34(37-33)39-19-15-26-6-1-2-7-29(26)23-39/h1-2,6-7,9-14,20-21,30H,3-5,8,15-19,23-24H2. The smallest absolute Gasteiger partial charge is 0.254 e. The summed E-state index contributed by atoms with van der Waals surface area (Å²) in [5.74, 6) is 0.992. The van der Waals surface area contributed by atoms with Crippen molar-refractivity contribution in [3.05, 3.63) is 95.1 Å². The highest BCUT2D eigenvalue weighted by Crippen LogP contribution is 2.33. The van der Waals surface area contributed by atoms with Gasteiger partial charge in [-0.3, -0.25) is 4.79 Å². The van der Waals surface area contributed by atoms with E-state index in [9.17, 15) is 10.1 Å². The molecule has 0 saturated carbocycles. The van der Waals surface area contributed by atoms with E-state index in [0.29, 0.717) is 5.56 Å². The van der Waals surface area contributed by atoms with Crippen LogP contribution in [0, 0.1) is 11.3 Å². The zero-order valence-electron chi connectivity index (χ0n) is 23.4. The Morgan fingerprint density at radius 2 is 1.66 bits per heavy atom. The average Bonchev–Trinajstić information content (AvgIpc) is 3.72. The van der Waals surface area contributed by atoms with Crippen LogP contribution in [-0.2, 0) is 13.0 Å². The number of rotatable bonds is 5. The van der Waals surface area contributed by atoms with Crippen molar-refractivity contribution in [2.75, 3.05) is 37.6 Å². The van der Waals surface area contributed by atoms with Gasteiger partial charge < -0.3 is 14.7 Å². The van der Waals surface area contributed by atoms with Gasteiger partial charge in [0.1, 0.15) is 5.82 Å². The molecular formula is C35H35N5O. The largest absolute Gasteiger partial charge is 0.352 e. The Morgan fingerprint density at radius 3 is 2.46 bits per heavy atom. The highest BCUT2D eigenvalue weighted by atomic mass is 16.2. The molecule has 4 aromatic rings. The number of hydrogen-bond donors (Lipinski definition) is 0. The number of fused-ring (bicyclic) bond motifs is 2. The van der Waals surface area contributed by atoms with Crippen molar-refractivity contribution in [2.45, 2.75) is 44.7 Å². The van der Waals surface area contributed by atoms with Crippen LogP contribution in [-0.4, -0.2) is 59.5 Å². The van der Waals surface area contributed by atoms with Gasteiger partial charge in [-0.1, -0.05) is 42.5 Å². The second kappa shape index (κ2) is 11.0. The van der Waals surface area contributed by atoms with Crippen molar-refractivity contribution < 1.29 is 4.79 Å². The minimum atomic E-state index is 0.120. The van der Waals surface area contributed by atoms with E-state index >= 15 is 0 Å². The van der Waals surface area contributed by atoms with Crippen LogP contribution in [0.4, 0.5) is 5.82 Å². The number of amides is 1. The lowest BCUT2D eigenvalue weighted by Gasteiger charge is -2.31. The molecule has 0 radical (unpaired) electrons. The normalized spacial score (nSPS) is 19.0. The highest BCUT2D eigenvalue weighted by molar-refractivity contribution is 6.08. The molecule has 0 spiro atoms. The maximum atomic E-state index is 14.4. The third kappa shape index (κ3) is 5.07. The first-order chi connectivity index (χ1) is 20.2. The summed E-state index contributed by atoms with van der Waals surface area (Å²) in [6, 6.07) is 27.0. The summed E-state index contributed by atoms with van der Waals surface area (Å²) in [5.41, 5.74) is 6.99. The van der Waals surface area contributed by atoms with Gasteiger partial charge in [0, 0.05) is 37.6 Å². The van der Waals surface area contributed by atoms with Crippen LogP contribution >= 0.6 is 0 Å². The number of aromatic nitrogens is 1. The van der Waals surface area contributed by atoms with Crippen LogP contribution in [0.5, 0.6) is 0 Å². The van der Waals surface area contributed by atoms with Gasteiger partial charge in [0.25, 0.3) is 5.91 Å². The number of nitriles is 1. The lowest BCUT2D eigenvalue weighted by atomic mass is 9.98. The van der Waals surface area contributed by atoms with Gasteiger partial charge in [0.05, 0.1) is 22.7 Å². The maximum Gasteiger partial charge on any atom is 0.254 e. The second-order valence-electron chi connectivity index (χ2n) is 11.7. The molecule has 2 saturated heterocycles. The van der Waals surface area contributed by atoms with Crippen LogP contribution in [0.1, 0.15) is 52.7 Å². The number of hydrogen-bond acceptors (Lipinski definition) is 5. The Morgan fingerprint density at radius 1 is 0.878 bits per heavy atom. The molecule has 3 aliphatic heterocycles. The predicted molar refractivity (Wildman–Crippen MR) is 163 cm³/mol. The molecule has 1 aromatic heterocycles. The van der Waals surface area contributed by atoms with Gasteiger partial charge in [0.15, 0.2) is 0 Å². The van der Waals surface area contributed by atoms with E-state index < -0.39 is 0 Å². The number of carbonyl (C=O) groups excluding carboxylic acids is 1. The molecule has 6 nitrogen and oxygen atoms in total. The third-order valence-electron chi connectivity index (χ3n) is 9.13. The summed E-state index contributed by atoms with van der Waals surface area (Å²) in [5, 5.41) is 10.1. The van der Waals surface area contributed by atoms with Crippen LogP contribution in [0.3, 0.4) is 0 Å². The molecule has 4 heterocycles.